The second-order valence-corrected chi connectivity index (χ2v) is 5.89. The highest BCUT2D eigenvalue weighted by Gasteiger charge is 2.14. The molecule has 2 nitrogen and oxygen atoms in total. The Morgan fingerprint density at radius 3 is 2.59 bits per heavy atom. The fourth-order valence-corrected chi connectivity index (χ4v) is 2.90. The fraction of sp³-hybridized carbons (Fsp3) is 0.500. The smallest absolute Gasteiger partial charge is 0.148 e. The van der Waals surface area contributed by atoms with Gasteiger partial charge < -0.3 is 0 Å². The van der Waals surface area contributed by atoms with Gasteiger partial charge in [0.15, 0.2) is 0 Å². The number of carbonyl (C=O) groups is 1. The van der Waals surface area contributed by atoms with Crippen molar-refractivity contribution in [1.29, 1.82) is 0 Å². The van der Waals surface area contributed by atoms with E-state index < -0.39 is 10.8 Å². The van der Waals surface area contributed by atoms with Crippen molar-refractivity contribution >= 4 is 16.6 Å². The number of aryl methyl sites for hydroxylation is 1. The number of benzene rings is 1. The van der Waals surface area contributed by atoms with E-state index in [2.05, 4.69) is 0 Å². The van der Waals surface area contributed by atoms with E-state index >= 15 is 0 Å². The molecule has 1 rings (SSSR count). The van der Waals surface area contributed by atoms with E-state index in [1.165, 1.54) is 0 Å². The molecule has 0 radical (unpaired) electrons. The lowest BCUT2D eigenvalue weighted by molar-refractivity contribution is -0.119. The highest BCUT2D eigenvalue weighted by molar-refractivity contribution is 7.84. The minimum absolute atomic E-state index is 0.0239. The maximum atomic E-state index is 11.9. The third-order valence-corrected chi connectivity index (χ3v) is 4.28. The highest BCUT2D eigenvalue weighted by Crippen LogP contribution is 2.11. The van der Waals surface area contributed by atoms with Crippen LogP contribution in [0.2, 0.25) is 0 Å². The van der Waals surface area contributed by atoms with Gasteiger partial charge in [0.25, 0.3) is 0 Å². The predicted octanol–water partition coefficient (Wildman–Crippen LogP) is 2.86. The lowest BCUT2D eigenvalue weighted by atomic mass is 10.1. The molecule has 3 heteroatoms. The maximum Gasteiger partial charge on any atom is 0.148 e. The van der Waals surface area contributed by atoms with Crippen molar-refractivity contribution in [1.82, 2.24) is 0 Å². The van der Waals surface area contributed by atoms with Crippen molar-refractivity contribution in [2.45, 2.75) is 32.9 Å². The summed E-state index contributed by atoms with van der Waals surface area (Å²) in [5.74, 6) is 0.799. The second-order valence-electron chi connectivity index (χ2n) is 4.43. The Kier molecular flexibility index (Phi) is 5.56. The van der Waals surface area contributed by atoms with Crippen molar-refractivity contribution in [2.75, 3.05) is 5.75 Å². The fourth-order valence-electron chi connectivity index (χ4n) is 1.53. The van der Waals surface area contributed by atoms with Crippen LogP contribution in [-0.4, -0.2) is 15.7 Å². The Labute approximate surface area is 106 Å². The maximum absolute atomic E-state index is 11.9. The zero-order valence-corrected chi connectivity index (χ0v) is 11.5. The van der Waals surface area contributed by atoms with E-state index in [-0.39, 0.29) is 17.5 Å². The molecule has 1 aromatic rings. The standard InChI is InChI=1S/C14H20O2S/c1-4-11(2)14(15)10-17(16)9-13-8-6-5-7-12(13)3/h5-8,11H,4,9-10H2,1-3H3. The van der Waals surface area contributed by atoms with Crippen molar-refractivity contribution < 1.29 is 9.00 Å². The normalized spacial score (nSPS) is 14.3. The van der Waals surface area contributed by atoms with Crippen LogP contribution in [0.15, 0.2) is 24.3 Å². The molecule has 0 aliphatic carbocycles. The molecular weight excluding hydrogens is 232 g/mol. The lowest BCUT2D eigenvalue weighted by Gasteiger charge is -2.08. The SMILES string of the molecule is CCC(C)C(=O)CS(=O)Cc1ccccc1C. The zero-order chi connectivity index (χ0) is 12.8. The summed E-state index contributed by atoms with van der Waals surface area (Å²) in [7, 11) is -1.08. The Morgan fingerprint density at radius 2 is 2.00 bits per heavy atom. The second kappa shape index (κ2) is 6.70. The minimum atomic E-state index is -1.08. The third-order valence-electron chi connectivity index (χ3n) is 3.04. The molecule has 0 aliphatic heterocycles. The van der Waals surface area contributed by atoms with Crippen LogP contribution in [0.4, 0.5) is 0 Å². The van der Waals surface area contributed by atoms with Crippen molar-refractivity contribution in [3.05, 3.63) is 35.4 Å². The van der Waals surface area contributed by atoms with Crippen molar-refractivity contribution in [2.24, 2.45) is 5.92 Å². The van der Waals surface area contributed by atoms with Crippen LogP contribution in [0, 0.1) is 12.8 Å². The summed E-state index contributed by atoms with van der Waals surface area (Å²) in [5, 5.41) is 0. The van der Waals surface area contributed by atoms with Crippen LogP contribution in [0.1, 0.15) is 31.4 Å². The Bertz CT molecular complexity index is 412. The molecule has 0 saturated carbocycles. The van der Waals surface area contributed by atoms with Crippen LogP contribution in [0.25, 0.3) is 0 Å². The molecule has 2 atom stereocenters. The molecule has 0 amide bonds. The van der Waals surface area contributed by atoms with Gasteiger partial charge in [0.2, 0.25) is 0 Å². The van der Waals surface area contributed by atoms with Gasteiger partial charge >= 0.3 is 0 Å². The van der Waals surface area contributed by atoms with Crippen LogP contribution in [-0.2, 0) is 21.3 Å². The summed E-state index contributed by atoms with van der Waals surface area (Å²) in [6, 6.07) is 7.88. The van der Waals surface area contributed by atoms with Crippen LogP contribution < -0.4 is 0 Å². The first-order valence-corrected chi connectivity index (χ1v) is 7.45. The number of Topliss-reactive ketones (excluding diaryl/α,β-unsaturated/α-hetero) is 1. The average Bonchev–Trinajstić information content (AvgIpc) is 2.31. The van der Waals surface area contributed by atoms with Gasteiger partial charge in [0.05, 0.1) is 5.75 Å². The molecule has 0 bridgehead atoms. The largest absolute Gasteiger partial charge is 0.298 e. The average molecular weight is 252 g/mol. The van der Waals surface area contributed by atoms with Gasteiger partial charge in [-0.2, -0.15) is 0 Å². The first-order chi connectivity index (χ1) is 8.04. The van der Waals surface area contributed by atoms with E-state index in [4.69, 9.17) is 0 Å². The molecule has 17 heavy (non-hydrogen) atoms. The molecule has 94 valence electrons. The van der Waals surface area contributed by atoms with Crippen LogP contribution in [0.3, 0.4) is 0 Å². The van der Waals surface area contributed by atoms with Gasteiger partial charge in [0, 0.05) is 22.5 Å². The van der Waals surface area contributed by atoms with Crippen molar-refractivity contribution in [3.8, 4) is 0 Å². The van der Waals surface area contributed by atoms with Crippen LogP contribution in [0.5, 0.6) is 0 Å². The molecule has 0 aromatic heterocycles. The van der Waals surface area contributed by atoms with E-state index in [1.807, 2.05) is 45.0 Å². The van der Waals surface area contributed by atoms with Gasteiger partial charge in [-0.25, -0.2) is 0 Å². The van der Waals surface area contributed by atoms with Gasteiger partial charge in [-0.3, -0.25) is 9.00 Å². The molecule has 0 aliphatic rings. The number of hydrogen-bond donors (Lipinski definition) is 0. The summed E-state index contributed by atoms with van der Waals surface area (Å²) in [4.78, 5) is 11.7. The summed E-state index contributed by atoms with van der Waals surface area (Å²) < 4.78 is 11.9. The summed E-state index contributed by atoms with van der Waals surface area (Å²) in [6.45, 7) is 5.88. The topological polar surface area (TPSA) is 34.1 Å². The Hall–Kier alpha value is -0.960. The molecule has 2 unspecified atom stereocenters. The molecular formula is C14H20O2S. The van der Waals surface area contributed by atoms with E-state index in [0.29, 0.717) is 5.75 Å². The summed E-state index contributed by atoms with van der Waals surface area (Å²) in [5.41, 5.74) is 2.21. The minimum Gasteiger partial charge on any atom is -0.298 e. The van der Waals surface area contributed by atoms with E-state index in [1.54, 1.807) is 0 Å². The van der Waals surface area contributed by atoms with Gasteiger partial charge in [-0.15, -0.1) is 0 Å². The Morgan fingerprint density at radius 1 is 1.35 bits per heavy atom. The lowest BCUT2D eigenvalue weighted by Crippen LogP contribution is -2.19. The molecule has 0 saturated heterocycles. The zero-order valence-electron chi connectivity index (χ0n) is 10.7. The number of rotatable bonds is 6. The molecule has 0 N–H and O–H groups in total. The number of ketones is 1. The number of hydrogen-bond acceptors (Lipinski definition) is 2. The predicted molar refractivity (Wildman–Crippen MR) is 72.4 cm³/mol. The highest BCUT2D eigenvalue weighted by atomic mass is 32.2. The monoisotopic (exact) mass is 252 g/mol. The quantitative estimate of drug-likeness (QED) is 0.780. The molecule has 0 heterocycles. The summed E-state index contributed by atoms with van der Waals surface area (Å²) in [6.07, 6.45) is 0.820. The third kappa shape index (κ3) is 4.43. The van der Waals surface area contributed by atoms with Gasteiger partial charge in [-0.05, 0) is 24.5 Å². The van der Waals surface area contributed by atoms with Gasteiger partial charge in [-0.1, -0.05) is 38.1 Å². The van der Waals surface area contributed by atoms with Crippen LogP contribution >= 0.6 is 0 Å². The van der Waals surface area contributed by atoms with E-state index in [9.17, 15) is 9.00 Å². The first-order valence-electron chi connectivity index (χ1n) is 5.96. The number of carbonyl (C=O) groups excluding carboxylic acids is 1. The molecule has 1 aromatic carbocycles. The van der Waals surface area contributed by atoms with Gasteiger partial charge in [0.1, 0.15) is 5.78 Å². The van der Waals surface area contributed by atoms with E-state index in [0.717, 1.165) is 17.5 Å². The Balaban J connectivity index is 2.56. The molecule has 0 fully saturated rings. The summed E-state index contributed by atoms with van der Waals surface area (Å²) >= 11 is 0. The first kappa shape index (κ1) is 14.1. The molecule has 0 spiro atoms. The van der Waals surface area contributed by atoms with Crippen molar-refractivity contribution in [3.63, 3.8) is 0 Å².